The van der Waals surface area contributed by atoms with E-state index < -0.39 is 0 Å². The van der Waals surface area contributed by atoms with Gasteiger partial charge >= 0.3 is 0 Å². The quantitative estimate of drug-likeness (QED) is 0.173. The van der Waals surface area contributed by atoms with E-state index in [9.17, 15) is 0 Å². The van der Waals surface area contributed by atoms with E-state index in [1.165, 1.54) is 43.6 Å². The molecule has 0 amide bonds. The molecule has 7 nitrogen and oxygen atoms in total. The van der Waals surface area contributed by atoms with Crippen LogP contribution in [0.5, 0.6) is 0 Å². The van der Waals surface area contributed by atoms with Crippen LogP contribution in [0.2, 0.25) is 0 Å². The molecular formula is C59H41N7. The molecule has 0 bridgehead atoms. The van der Waals surface area contributed by atoms with Crippen LogP contribution < -0.4 is 0 Å². The number of para-hydroxylation sites is 6. The molecular weight excluding hydrogens is 807 g/mol. The van der Waals surface area contributed by atoms with Crippen molar-refractivity contribution >= 4 is 87.2 Å². The van der Waals surface area contributed by atoms with Gasteiger partial charge in [-0.3, -0.25) is 9.13 Å². The summed E-state index contributed by atoms with van der Waals surface area (Å²) in [7, 11) is 0. The second-order valence-electron chi connectivity index (χ2n) is 16.5. The van der Waals surface area contributed by atoms with Gasteiger partial charge in [0, 0.05) is 60.0 Å². The smallest absolute Gasteiger partial charge is 0.240 e. The number of hydrogen-bond acceptors (Lipinski definition) is 3. The summed E-state index contributed by atoms with van der Waals surface area (Å²) in [4.78, 5) is 16.0. The van der Waals surface area contributed by atoms with Crippen molar-refractivity contribution in [2.75, 3.05) is 0 Å². The van der Waals surface area contributed by atoms with E-state index in [4.69, 9.17) is 15.0 Å². The third-order valence-electron chi connectivity index (χ3n) is 13.0. The van der Waals surface area contributed by atoms with Crippen LogP contribution in [0.25, 0.3) is 122 Å². The fourth-order valence-electron chi connectivity index (χ4n) is 10.3. The van der Waals surface area contributed by atoms with Crippen molar-refractivity contribution in [1.82, 2.24) is 33.2 Å². The Balaban J connectivity index is 0.00000215. The molecule has 0 aliphatic rings. The highest BCUT2D eigenvalue weighted by Crippen LogP contribution is 2.39. The van der Waals surface area contributed by atoms with Gasteiger partial charge in [0.15, 0.2) is 5.82 Å². The van der Waals surface area contributed by atoms with E-state index in [0.29, 0.717) is 17.7 Å². The minimum absolute atomic E-state index is 0.549. The summed E-state index contributed by atoms with van der Waals surface area (Å²) in [6, 6.07) is 75.5. The molecule has 0 saturated carbocycles. The minimum Gasteiger partial charge on any atom is -0.309 e. The third-order valence-corrected chi connectivity index (χ3v) is 13.0. The molecule has 0 saturated heterocycles. The van der Waals surface area contributed by atoms with Crippen molar-refractivity contribution in [1.29, 1.82) is 0 Å². The summed E-state index contributed by atoms with van der Waals surface area (Å²) in [5, 5.41) is 9.43. The standard InChI is InChI=1S/C57H35N7.C2H6/c1-2-16-36(17-3-1)55-58-56(63-51-28-14-8-22-43(51)45-34-37(30-32-53(45)63)61-47-24-10-4-18-39(47)40-19-5-11-25-48(40)61)60-57(59-55)64-52-29-15-9-23-44(52)46-35-38(31-33-54(46)64)62-49-26-12-6-20-41(49)42-21-7-13-27-50(42)62;1-2/h1-35H;1-2H3. The average Bonchev–Trinajstić information content (AvgIpc) is 4.12. The number of nitrogens with zero attached hydrogens (tertiary/aromatic N) is 7. The van der Waals surface area contributed by atoms with Crippen LogP contribution in [0.1, 0.15) is 13.8 Å². The topological polar surface area (TPSA) is 58.4 Å². The zero-order chi connectivity index (χ0) is 43.9. The Hall–Kier alpha value is -8.81. The normalized spacial score (nSPS) is 11.8. The van der Waals surface area contributed by atoms with Crippen LogP contribution in [0.15, 0.2) is 212 Å². The summed E-state index contributed by atoms with van der Waals surface area (Å²) < 4.78 is 9.15. The van der Waals surface area contributed by atoms with Gasteiger partial charge < -0.3 is 9.13 Å². The summed E-state index contributed by atoms with van der Waals surface area (Å²) >= 11 is 0. The third kappa shape index (κ3) is 5.53. The lowest BCUT2D eigenvalue weighted by Crippen LogP contribution is -2.10. The second kappa shape index (κ2) is 14.9. The first-order chi connectivity index (χ1) is 32.8. The number of hydrogen-bond donors (Lipinski definition) is 0. The molecule has 0 radical (unpaired) electrons. The van der Waals surface area contributed by atoms with Gasteiger partial charge in [0.1, 0.15) is 0 Å². The van der Waals surface area contributed by atoms with Gasteiger partial charge in [-0.2, -0.15) is 15.0 Å². The van der Waals surface area contributed by atoms with Gasteiger partial charge in [0.25, 0.3) is 0 Å². The summed E-state index contributed by atoms with van der Waals surface area (Å²) in [5.74, 6) is 1.70. The first-order valence-electron chi connectivity index (χ1n) is 22.6. The molecule has 0 unspecified atom stereocenters. The molecule has 5 heterocycles. The van der Waals surface area contributed by atoms with Crippen LogP contribution in [-0.2, 0) is 0 Å². The Morgan fingerprint density at radius 1 is 0.258 bits per heavy atom. The number of aromatic nitrogens is 7. The van der Waals surface area contributed by atoms with Crippen LogP contribution in [-0.4, -0.2) is 33.2 Å². The van der Waals surface area contributed by atoms with Crippen molar-refractivity contribution < 1.29 is 0 Å². The Morgan fingerprint density at radius 3 is 0.909 bits per heavy atom. The molecule has 0 atom stereocenters. The molecule has 0 aliphatic carbocycles. The van der Waals surface area contributed by atoms with Crippen LogP contribution in [0, 0.1) is 0 Å². The maximum Gasteiger partial charge on any atom is 0.240 e. The van der Waals surface area contributed by atoms with Crippen LogP contribution in [0.4, 0.5) is 0 Å². The molecule has 14 rings (SSSR count). The van der Waals surface area contributed by atoms with Crippen LogP contribution >= 0.6 is 0 Å². The van der Waals surface area contributed by atoms with E-state index >= 15 is 0 Å². The van der Waals surface area contributed by atoms with E-state index in [-0.39, 0.29) is 0 Å². The van der Waals surface area contributed by atoms with Crippen molar-refractivity contribution in [3.63, 3.8) is 0 Å². The number of fused-ring (bicyclic) bond motifs is 12. The highest BCUT2D eigenvalue weighted by atomic mass is 15.3. The van der Waals surface area contributed by atoms with Gasteiger partial charge in [-0.1, -0.05) is 153 Å². The van der Waals surface area contributed by atoms with Crippen molar-refractivity contribution in [2.45, 2.75) is 13.8 Å². The zero-order valence-corrected chi connectivity index (χ0v) is 36.3. The average molecular weight is 848 g/mol. The summed E-state index contributed by atoms with van der Waals surface area (Å²) in [6.45, 7) is 4.00. The van der Waals surface area contributed by atoms with Gasteiger partial charge in [-0.05, 0) is 72.8 Å². The molecule has 0 fully saturated rings. The van der Waals surface area contributed by atoms with Crippen molar-refractivity contribution in [2.24, 2.45) is 0 Å². The molecule has 312 valence electrons. The lowest BCUT2D eigenvalue weighted by molar-refractivity contribution is 0.892. The van der Waals surface area contributed by atoms with Gasteiger partial charge in [-0.25, -0.2) is 0 Å². The molecule has 7 heteroatoms. The summed E-state index contributed by atoms with van der Waals surface area (Å²) in [6.07, 6.45) is 0. The van der Waals surface area contributed by atoms with Gasteiger partial charge in [-0.15, -0.1) is 0 Å². The lowest BCUT2D eigenvalue weighted by Gasteiger charge is -2.13. The van der Waals surface area contributed by atoms with Crippen molar-refractivity contribution in [3.8, 4) is 34.7 Å². The lowest BCUT2D eigenvalue weighted by atomic mass is 10.1. The van der Waals surface area contributed by atoms with Crippen LogP contribution in [0.3, 0.4) is 0 Å². The Labute approximate surface area is 379 Å². The van der Waals surface area contributed by atoms with Crippen molar-refractivity contribution in [3.05, 3.63) is 212 Å². The maximum atomic E-state index is 5.45. The zero-order valence-electron chi connectivity index (χ0n) is 36.3. The predicted molar refractivity (Wildman–Crippen MR) is 274 cm³/mol. The molecule has 14 aromatic rings. The van der Waals surface area contributed by atoms with Gasteiger partial charge in [0.2, 0.25) is 11.9 Å². The van der Waals surface area contributed by atoms with Gasteiger partial charge in [0.05, 0.1) is 44.1 Å². The highest BCUT2D eigenvalue weighted by molar-refractivity contribution is 6.14. The number of benzene rings is 9. The van der Waals surface area contributed by atoms with E-state index in [1.807, 2.05) is 32.0 Å². The second-order valence-corrected chi connectivity index (χ2v) is 16.5. The Bertz CT molecular complexity index is 3850. The molecule has 0 N–H and O–H groups in total. The summed E-state index contributed by atoms with van der Waals surface area (Å²) in [5.41, 5.74) is 11.9. The molecule has 5 aromatic heterocycles. The first-order valence-corrected chi connectivity index (χ1v) is 22.6. The molecule has 9 aromatic carbocycles. The number of rotatable bonds is 5. The Kier molecular flexibility index (Phi) is 8.51. The predicted octanol–water partition coefficient (Wildman–Crippen LogP) is 15.0. The molecule has 66 heavy (non-hydrogen) atoms. The van der Waals surface area contributed by atoms with E-state index in [0.717, 1.165) is 60.5 Å². The fourth-order valence-corrected chi connectivity index (χ4v) is 10.3. The minimum atomic E-state index is 0.549. The Morgan fingerprint density at radius 2 is 0.545 bits per heavy atom. The highest BCUT2D eigenvalue weighted by Gasteiger charge is 2.22. The monoisotopic (exact) mass is 847 g/mol. The fraction of sp³-hybridized carbons (Fsp3) is 0.0339. The first kappa shape index (κ1) is 37.7. The SMILES string of the molecule is CC.c1ccc(-c2nc(-n3c4ccccc4c4cc(-n5c6ccccc6c6ccccc65)ccc43)nc(-n3c4ccccc4c4cc(-n5c6ccccc6c6ccccc65)ccc43)n2)cc1. The van der Waals surface area contributed by atoms with E-state index in [1.54, 1.807) is 0 Å². The van der Waals surface area contributed by atoms with E-state index in [2.05, 4.69) is 212 Å². The molecule has 0 aliphatic heterocycles. The largest absolute Gasteiger partial charge is 0.309 e. The molecule has 0 spiro atoms. The maximum absolute atomic E-state index is 5.45.